The number of nitriles is 1. The Balaban J connectivity index is 1.58. The van der Waals surface area contributed by atoms with Crippen molar-refractivity contribution in [1.29, 1.82) is 5.26 Å². The molecule has 4 rings (SSSR count). The van der Waals surface area contributed by atoms with E-state index >= 15 is 0 Å². The molecule has 0 spiro atoms. The number of halogens is 1. The molecule has 0 radical (unpaired) electrons. The molecule has 10 heteroatoms. The molecule has 0 aliphatic carbocycles. The number of ether oxygens (including phenoxy) is 2. The molecule has 1 heterocycles. The quantitative estimate of drug-likeness (QED) is 0.295. The highest BCUT2D eigenvalue weighted by molar-refractivity contribution is 8.03. The van der Waals surface area contributed by atoms with E-state index in [4.69, 9.17) is 21.1 Å². The number of dihydropyridines is 1. The van der Waals surface area contributed by atoms with Crippen LogP contribution in [0.4, 0.5) is 5.69 Å². The van der Waals surface area contributed by atoms with Crippen molar-refractivity contribution < 1.29 is 23.9 Å². The summed E-state index contributed by atoms with van der Waals surface area (Å²) in [4.78, 5) is 38.3. The fourth-order valence-electron chi connectivity index (χ4n) is 4.29. The number of rotatable bonds is 9. The molecule has 208 valence electrons. The van der Waals surface area contributed by atoms with E-state index in [-0.39, 0.29) is 23.5 Å². The van der Waals surface area contributed by atoms with Crippen LogP contribution < -0.4 is 10.6 Å². The number of hydrogen-bond acceptors (Lipinski definition) is 8. The fraction of sp³-hybridized carbons (Fsp3) is 0.161. The molecule has 3 aromatic carbocycles. The Morgan fingerprint density at radius 1 is 1.00 bits per heavy atom. The molecule has 1 amide bonds. The van der Waals surface area contributed by atoms with Crippen molar-refractivity contribution in [3.05, 3.63) is 122 Å². The number of para-hydroxylation sites is 1. The molecular formula is C31H26ClN3O5S. The van der Waals surface area contributed by atoms with Crippen molar-refractivity contribution in [3.8, 4) is 6.07 Å². The highest BCUT2D eigenvalue weighted by Crippen LogP contribution is 2.41. The maximum Gasteiger partial charge on any atom is 0.339 e. The Morgan fingerprint density at radius 3 is 2.37 bits per heavy atom. The number of benzene rings is 3. The van der Waals surface area contributed by atoms with Crippen LogP contribution in [0.1, 0.15) is 34.3 Å². The number of nitrogens with one attached hydrogen (secondary N) is 2. The van der Waals surface area contributed by atoms with Crippen LogP contribution in [-0.4, -0.2) is 30.7 Å². The van der Waals surface area contributed by atoms with Gasteiger partial charge in [-0.25, -0.2) is 9.59 Å². The number of thioether (sulfide) groups is 1. The van der Waals surface area contributed by atoms with Gasteiger partial charge in [-0.3, -0.25) is 4.79 Å². The van der Waals surface area contributed by atoms with E-state index in [0.717, 1.165) is 17.3 Å². The number of nitrogens with zero attached hydrogens (tertiary/aromatic N) is 1. The Kier molecular flexibility index (Phi) is 9.85. The summed E-state index contributed by atoms with van der Waals surface area (Å²) in [6.45, 7) is 1.80. The van der Waals surface area contributed by atoms with Crippen LogP contribution in [-0.2, 0) is 25.7 Å². The number of carbonyl (C=O) groups excluding carboxylic acids is 3. The number of allylic oxidation sites excluding steroid dienone is 2. The summed E-state index contributed by atoms with van der Waals surface area (Å²) in [5.74, 6) is -2.34. The molecule has 1 unspecified atom stereocenters. The SMILES string of the molecule is COC(=O)c1ccccc1NC(=O)CSC1=C(C#N)C(c2ccc(Cl)cc2)C(C(=O)OCc2ccccc2)=C(C)N1. The number of anilines is 1. The normalized spacial score (nSPS) is 14.5. The van der Waals surface area contributed by atoms with Gasteiger partial charge < -0.3 is 20.1 Å². The molecule has 0 fully saturated rings. The summed E-state index contributed by atoms with van der Waals surface area (Å²) in [6.07, 6.45) is 0. The second-order valence-corrected chi connectivity index (χ2v) is 10.4. The third-order valence-corrected chi connectivity index (χ3v) is 7.51. The third kappa shape index (κ3) is 7.17. The molecule has 0 aromatic heterocycles. The van der Waals surface area contributed by atoms with Gasteiger partial charge >= 0.3 is 11.9 Å². The van der Waals surface area contributed by atoms with Crippen molar-refractivity contribution in [2.75, 3.05) is 18.2 Å². The van der Waals surface area contributed by atoms with Crippen LogP contribution in [0, 0.1) is 11.3 Å². The number of carbonyl (C=O) groups is 3. The van der Waals surface area contributed by atoms with E-state index in [2.05, 4.69) is 16.7 Å². The van der Waals surface area contributed by atoms with E-state index in [9.17, 15) is 19.6 Å². The minimum atomic E-state index is -0.743. The zero-order chi connectivity index (χ0) is 29.4. The van der Waals surface area contributed by atoms with Gasteiger partial charge in [0.25, 0.3) is 0 Å². The summed E-state index contributed by atoms with van der Waals surface area (Å²) in [5.41, 5.74) is 3.10. The molecule has 0 saturated heterocycles. The van der Waals surface area contributed by atoms with Crippen LogP contribution in [0.3, 0.4) is 0 Å². The van der Waals surface area contributed by atoms with E-state index in [1.54, 1.807) is 55.5 Å². The molecule has 3 aromatic rings. The summed E-state index contributed by atoms with van der Waals surface area (Å²) in [7, 11) is 1.26. The number of esters is 2. The molecule has 0 saturated carbocycles. The molecule has 1 aliphatic rings. The fourth-order valence-corrected chi connectivity index (χ4v) is 5.31. The van der Waals surface area contributed by atoms with Gasteiger partial charge in [0, 0.05) is 10.7 Å². The second-order valence-electron chi connectivity index (χ2n) is 8.94. The van der Waals surface area contributed by atoms with Crippen molar-refractivity contribution in [2.24, 2.45) is 0 Å². The van der Waals surface area contributed by atoms with E-state index < -0.39 is 23.8 Å². The predicted octanol–water partition coefficient (Wildman–Crippen LogP) is 5.94. The number of methoxy groups -OCH3 is 1. The Labute approximate surface area is 247 Å². The Morgan fingerprint density at radius 2 is 1.68 bits per heavy atom. The summed E-state index contributed by atoms with van der Waals surface area (Å²) >= 11 is 7.23. The number of hydrogen-bond donors (Lipinski definition) is 2. The highest BCUT2D eigenvalue weighted by atomic mass is 35.5. The van der Waals surface area contributed by atoms with E-state index in [0.29, 0.717) is 32.6 Å². The molecule has 2 N–H and O–H groups in total. The van der Waals surface area contributed by atoms with Crippen LogP contribution in [0.15, 0.2) is 101 Å². The van der Waals surface area contributed by atoms with E-state index in [1.807, 2.05) is 30.3 Å². The lowest BCUT2D eigenvalue weighted by atomic mass is 9.82. The average Bonchev–Trinajstić information content (AvgIpc) is 2.99. The Bertz CT molecular complexity index is 1560. The predicted molar refractivity (Wildman–Crippen MR) is 158 cm³/mol. The van der Waals surface area contributed by atoms with Gasteiger partial charge in [0.1, 0.15) is 6.61 Å². The first-order valence-corrected chi connectivity index (χ1v) is 13.9. The van der Waals surface area contributed by atoms with Gasteiger partial charge in [0.15, 0.2) is 0 Å². The molecule has 41 heavy (non-hydrogen) atoms. The van der Waals surface area contributed by atoms with Crippen molar-refractivity contribution in [2.45, 2.75) is 19.4 Å². The van der Waals surface area contributed by atoms with Gasteiger partial charge in [-0.2, -0.15) is 5.26 Å². The van der Waals surface area contributed by atoms with Crippen LogP contribution in [0.5, 0.6) is 0 Å². The lowest BCUT2D eigenvalue weighted by Gasteiger charge is -2.29. The summed E-state index contributed by atoms with van der Waals surface area (Å²) < 4.78 is 10.4. The molecule has 8 nitrogen and oxygen atoms in total. The van der Waals surface area contributed by atoms with Crippen LogP contribution in [0.25, 0.3) is 0 Å². The first-order valence-electron chi connectivity index (χ1n) is 12.5. The zero-order valence-corrected chi connectivity index (χ0v) is 23.8. The van der Waals surface area contributed by atoms with Crippen molar-refractivity contribution >= 4 is 46.9 Å². The van der Waals surface area contributed by atoms with E-state index in [1.165, 1.54) is 7.11 Å². The lowest BCUT2D eigenvalue weighted by Crippen LogP contribution is -2.29. The standard InChI is InChI=1S/C31H26ClN3O5S/c1-19-27(31(38)40-17-20-8-4-3-5-9-20)28(21-12-14-22(32)15-13-21)24(16-33)29(34-19)41-18-26(36)35-25-11-7-6-10-23(25)30(37)39-2/h3-15,28,34H,17-18H2,1-2H3,(H,35,36). The van der Waals surface area contributed by atoms with Crippen molar-refractivity contribution in [1.82, 2.24) is 5.32 Å². The largest absolute Gasteiger partial charge is 0.465 e. The van der Waals surface area contributed by atoms with Gasteiger partial charge in [-0.05, 0) is 42.3 Å². The smallest absolute Gasteiger partial charge is 0.339 e. The monoisotopic (exact) mass is 587 g/mol. The third-order valence-electron chi connectivity index (χ3n) is 6.24. The van der Waals surface area contributed by atoms with Crippen LogP contribution >= 0.6 is 23.4 Å². The van der Waals surface area contributed by atoms with Gasteiger partial charge in [0.05, 0.1) is 52.3 Å². The average molecular weight is 588 g/mol. The topological polar surface area (TPSA) is 118 Å². The first-order chi connectivity index (χ1) is 19.8. The Hall–Kier alpha value is -4.52. The second kappa shape index (κ2) is 13.7. The molecule has 0 bridgehead atoms. The van der Waals surface area contributed by atoms with Gasteiger partial charge in [0.2, 0.25) is 5.91 Å². The molecule has 1 atom stereocenters. The van der Waals surface area contributed by atoms with Gasteiger partial charge in [-0.1, -0.05) is 78.0 Å². The lowest BCUT2D eigenvalue weighted by molar-refractivity contribution is -0.140. The summed E-state index contributed by atoms with van der Waals surface area (Å²) in [6, 6.07) is 24.9. The zero-order valence-electron chi connectivity index (χ0n) is 22.3. The highest BCUT2D eigenvalue weighted by Gasteiger charge is 2.35. The first kappa shape index (κ1) is 29.5. The van der Waals surface area contributed by atoms with Gasteiger partial charge in [-0.15, -0.1) is 0 Å². The van der Waals surface area contributed by atoms with Crippen molar-refractivity contribution in [3.63, 3.8) is 0 Å². The molecular weight excluding hydrogens is 562 g/mol. The number of amides is 1. The molecule has 1 aliphatic heterocycles. The summed E-state index contributed by atoms with van der Waals surface area (Å²) in [5, 5.41) is 17.1. The maximum absolute atomic E-state index is 13.4. The minimum Gasteiger partial charge on any atom is -0.465 e. The van der Waals surface area contributed by atoms with Crippen LogP contribution in [0.2, 0.25) is 5.02 Å². The minimum absolute atomic E-state index is 0.0720. The maximum atomic E-state index is 13.4.